The van der Waals surface area contributed by atoms with Crippen molar-refractivity contribution in [1.29, 1.82) is 0 Å². The maximum atomic E-state index is 12.5. The van der Waals surface area contributed by atoms with Gasteiger partial charge in [0.15, 0.2) is 0 Å². The van der Waals surface area contributed by atoms with E-state index in [0.29, 0.717) is 23.7 Å². The van der Waals surface area contributed by atoms with E-state index in [1.807, 2.05) is 43.3 Å². The van der Waals surface area contributed by atoms with Crippen LogP contribution < -0.4 is 9.57 Å². The first kappa shape index (κ1) is 20.0. The number of aryl methyl sites for hydroxylation is 3. The molecule has 0 heterocycles. The SMILES string of the molecule is Cc1cc(C)c(S(=O)(=O)N/N=C/c2ccc(OCC(C)C)cc2)c(C)c1. The van der Waals surface area contributed by atoms with Crippen LogP contribution in [-0.4, -0.2) is 21.2 Å². The molecule has 0 amide bonds. The van der Waals surface area contributed by atoms with E-state index in [1.165, 1.54) is 6.21 Å². The first-order chi connectivity index (χ1) is 12.2. The molecule has 0 saturated heterocycles. The molecule has 26 heavy (non-hydrogen) atoms. The highest BCUT2D eigenvalue weighted by Gasteiger charge is 2.19. The average Bonchev–Trinajstić information content (AvgIpc) is 2.52. The maximum Gasteiger partial charge on any atom is 0.277 e. The number of hydrazone groups is 1. The molecule has 0 radical (unpaired) electrons. The number of nitrogens with one attached hydrogen (secondary N) is 1. The monoisotopic (exact) mass is 374 g/mol. The number of hydrogen-bond donors (Lipinski definition) is 1. The van der Waals surface area contributed by atoms with Crippen LogP contribution in [0.2, 0.25) is 0 Å². The normalized spacial score (nSPS) is 11.9. The Morgan fingerprint density at radius 3 is 2.19 bits per heavy atom. The molecule has 0 aromatic heterocycles. The summed E-state index contributed by atoms with van der Waals surface area (Å²) in [5.41, 5.74) is 3.22. The fourth-order valence-corrected chi connectivity index (χ4v) is 3.97. The third kappa shape index (κ3) is 5.33. The van der Waals surface area contributed by atoms with Gasteiger partial charge in [-0.3, -0.25) is 0 Å². The van der Waals surface area contributed by atoms with Crippen molar-refractivity contribution in [3.05, 3.63) is 58.7 Å². The van der Waals surface area contributed by atoms with E-state index in [1.54, 1.807) is 13.8 Å². The lowest BCUT2D eigenvalue weighted by molar-refractivity contribution is 0.271. The van der Waals surface area contributed by atoms with E-state index in [4.69, 9.17) is 4.74 Å². The number of ether oxygens (including phenoxy) is 1. The van der Waals surface area contributed by atoms with E-state index < -0.39 is 10.0 Å². The summed E-state index contributed by atoms with van der Waals surface area (Å²) in [6, 6.07) is 11.0. The average molecular weight is 375 g/mol. The standard InChI is InChI=1S/C20H26N2O3S/c1-14(2)13-25-19-8-6-18(7-9-19)12-21-22-26(23,24)20-16(4)10-15(3)11-17(20)5/h6-12,14,22H,13H2,1-5H3/b21-12+. The molecule has 2 aromatic rings. The first-order valence-electron chi connectivity index (χ1n) is 8.54. The number of nitrogens with zero attached hydrogens (tertiary/aromatic N) is 1. The Morgan fingerprint density at radius 2 is 1.65 bits per heavy atom. The summed E-state index contributed by atoms with van der Waals surface area (Å²) < 4.78 is 30.7. The van der Waals surface area contributed by atoms with Gasteiger partial charge in [-0.15, -0.1) is 0 Å². The minimum Gasteiger partial charge on any atom is -0.493 e. The van der Waals surface area contributed by atoms with Crippen molar-refractivity contribution in [2.75, 3.05) is 6.61 Å². The highest BCUT2D eigenvalue weighted by molar-refractivity contribution is 7.89. The number of hydrogen-bond acceptors (Lipinski definition) is 4. The highest BCUT2D eigenvalue weighted by Crippen LogP contribution is 2.21. The van der Waals surface area contributed by atoms with Gasteiger partial charge in [-0.05, 0) is 67.6 Å². The Morgan fingerprint density at radius 1 is 1.08 bits per heavy atom. The summed E-state index contributed by atoms with van der Waals surface area (Å²) >= 11 is 0. The quantitative estimate of drug-likeness (QED) is 0.589. The first-order valence-corrected chi connectivity index (χ1v) is 10.0. The molecule has 2 aromatic carbocycles. The molecule has 0 fully saturated rings. The van der Waals surface area contributed by atoms with Gasteiger partial charge in [0, 0.05) is 0 Å². The van der Waals surface area contributed by atoms with Crippen LogP contribution in [0.4, 0.5) is 0 Å². The molecule has 5 nitrogen and oxygen atoms in total. The summed E-state index contributed by atoms with van der Waals surface area (Å²) in [6.07, 6.45) is 1.47. The van der Waals surface area contributed by atoms with Crippen molar-refractivity contribution in [3.8, 4) is 5.75 Å². The Bertz CT molecular complexity index is 863. The summed E-state index contributed by atoms with van der Waals surface area (Å²) in [7, 11) is -3.71. The molecule has 0 unspecified atom stereocenters. The molecule has 0 aliphatic rings. The topological polar surface area (TPSA) is 67.8 Å². The van der Waals surface area contributed by atoms with Crippen molar-refractivity contribution in [1.82, 2.24) is 4.83 Å². The molecule has 6 heteroatoms. The van der Waals surface area contributed by atoms with Crippen LogP contribution in [0.1, 0.15) is 36.1 Å². The van der Waals surface area contributed by atoms with Gasteiger partial charge in [0.25, 0.3) is 10.0 Å². The zero-order chi connectivity index (χ0) is 19.3. The van der Waals surface area contributed by atoms with Crippen LogP contribution in [0.5, 0.6) is 5.75 Å². The molecule has 0 atom stereocenters. The van der Waals surface area contributed by atoms with E-state index in [-0.39, 0.29) is 4.90 Å². The van der Waals surface area contributed by atoms with E-state index >= 15 is 0 Å². The van der Waals surface area contributed by atoms with Gasteiger partial charge in [0.2, 0.25) is 0 Å². The van der Waals surface area contributed by atoms with E-state index in [2.05, 4.69) is 23.8 Å². The summed E-state index contributed by atoms with van der Waals surface area (Å²) in [5, 5.41) is 3.89. The van der Waals surface area contributed by atoms with E-state index in [0.717, 1.165) is 16.9 Å². The van der Waals surface area contributed by atoms with Crippen molar-refractivity contribution in [2.24, 2.45) is 11.0 Å². The van der Waals surface area contributed by atoms with Crippen LogP contribution >= 0.6 is 0 Å². The largest absolute Gasteiger partial charge is 0.493 e. The molecule has 0 aliphatic carbocycles. The Labute approximate surface area is 156 Å². The predicted octanol–water partition coefficient (Wildman–Crippen LogP) is 3.96. The van der Waals surface area contributed by atoms with Gasteiger partial charge >= 0.3 is 0 Å². The molecular weight excluding hydrogens is 348 g/mol. The molecule has 0 aliphatic heterocycles. The van der Waals surface area contributed by atoms with Crippen LogP contribution in [0.3, 0.4) is 0 Å². The predicted molar refractivity (Wildman–Crippen MR) is 105 cm³/mol. The lowest BCUT2D eigenvalue weighted by atomic mass is 10.1. The smallest absolute Gasteiger partial charge is 0.277 e. The minimum absolute atomic E-state index is 0.276. The minimum atomic E-state index is -3.71. The second-order valence-electron chi connectivity index (χ2n) is 6.85. The fraction of sp³-hybridized carbons (Fsp3) is 0.350. The molecule has 0 spiro atoms. The van der Waals surface area contributed by atoms with Crippen LogP contribution in [-0.2, 0) is 10.0 Å². The maximum absolute atomic E-state index is 12.5. The zero-order valence-electron chi connectivity index (χ0n) is 15.9. The molecule has 140 valence electrons. The summed E-state index contributed by atoms with van der Waals surface area (Å²) in [5.74, 6) is 1.24. The van der Waals surface area contributed by atoms with Crippen molar-refractivity contribution in [3.63, 3.8) is 0 Å². The number of benzene rings is 2. The molecule has 2 rings (SSSR count). The van der Waals surface area contributed by atoms with Gasteiger partial charge in [-0.2, -0.15) is 13.5 Å². The highest BCUT2D eigenvalue weighted by atomic mass is 32.2. The van der Waals surface area contributed by atoms with Crippen LogP contribution in [0.25, 0.3) is 0 Å². The third-order valence-electron chi connectivity index (χ3n) is 3.72. The van der Waals surface area contributed by atoms with Crippen molar-refractivity contribution < 1.29 is 13.2 Å². The molecule has 0 bridgehead atoms. The van der Waals surface area contributed by atoms with Gasteiger partial charge in [-0.1, -0.05) is 31.5 Å². The number of sulfonamides is 1. The van der Waals surface area contributed by atoms with Gasteiger partial charge < -0.3 is 4.74 Å². The van der Waals surface area contributed by atoms with Gasteiger partial charge in [-0.25, -0.2) is 4.83 Å². The molecular formula is C20H26N2O3S. The lowest BCUT2D eigenvalue weighted by Crippen LogP contribution is -2.20. The Balaban J connectivity index is 2.08. The van der Waals surface area contributed by atoms with Gasteiger partial charge in [0.05, 0.1) is 17.7 Å². The van der Waals surface area contributed by atoms with Gasteiger partial charge in [0.1, 0.15) is 5.75 Å². The second-order valence-corrected chi connectivity index (χ2v) is 8.45. The summed E-state index contributed by atoms with van der Waals surface area (Å²) in [4.78, 5) is 2.57. The second kappa shape index (κ2) is 8.36. The van der Waals surface area contributed by atoms with Crippen LogP contribution in [0.15, 0.2) is 46.4 Å². The number of rotatable bonds is 7. The zero-order valence-corrected chi connectivity index (χ0v) is 16.7. The molecule has 0 saturated carbocycles. The Kier molecular flexibility index (Phi) is 6.42. The van der Waals surface area contributed by atoms with E-state index in [9.17, 15) is 8.42 Å². The Hall–Kier alpha value is -2.34. The van der Waals surface area contributed by atoms with Crippen molar-refractivity contribution in [2.45, 2.75) is 39.5 Å². The fourth-order valence-electron chi connectivity index (χ4n) is 2.72. The summed E-state index contributed by atoms with van der Waals surface area (Å²) in [6.45, 7) is 10.3. The molecule has 1 N–H and O–H groups in total. The van der Waals surface area contributed by atoms with Crippen molar-refractivity contribution >= 4 is 16.2 Å². The lowest BCUT2D eigenvalue weighted by Gasteiger charge is -2.11. The van der Waals surface area contributed by atoms with Crippen LogP contribution in [0, 0.1) is 26.7 Å². The third-order valence-corrected chi connectivity index (χ3v) is 5.25.